The Bertz CT molecular complexity index is 408. The van der Waals surface area contributed by atoms with Gasteiger partial charge in [0.05, 0.1) is 11.4 Å². The third-order valence-corrected chi connectivity index (χ3v) is 3.20. The van der Waals surface area contributed by atoms with Gasteiger partial charge in [0.25, 0.3) is 0 Å². The van der Waals surface area contributed by atoms with Crippen LogP contribution >= 0.6 is 27.3 Å². The summed E-state index contributed by atoms with van der Waals surface area (Å²) in [6.07, 6.45) is 0. The molecule has 68 valence electrons. The van der Waals surface area contributed by atoms with Crippen LogP contribution in [0, 0.1) is 0 Å². The smallest absolute Gasteiger partial charge is 0.191 e. The number of nitrogens with two attached hydrogens (primary N) is 1. The standard InChI is InChI=1S/C7H7BrN4S/c8-4-1-5(13-3-4)7-10-6(2-9)11-12-7/h1,3H,2,9H2,(H,10,11,12). The first-order chi connectivity index (χ1) is 6.29. The van der Waals surface area contributed by atoms with Gasteiger partial charge < -0.3 is 5.73 Å². The number of rotatable bonds is 2. The van der Waals surface area contributed by atoms with Crippen LogP contribution in [0.4, 0.5) is 0 Å². The lowest BCUT2D eigenvalue weighted by Gasteiger charge is -1.84. The van der Waals surface area contributed by atoms with Crippen molar-refractivity contribution in [1.82, 2.24) is 15.2 Å². The molecule has 2 heterocycles. The van der Waals surface area contributed by atoms with Crippen molar-refractivity contribution in [2.24, 2.45) is 5.73 Å². The Balaban J connectivity index is 2.35. The molecule has 0 aliphatic heterocycles. The average Bonchev–Trinajstić information content (AvgIpc) is 2.71. The number of H-pyrrole nitrogens is 1. The van der Waals surface area contributed by atoms with Gasteiger partial charge in [-0.05, 0) is 22.0 Å². The van der Waals surface area contributed by atoms with Crippen molar-refractivity contribution in [3.8, 4) is 10.7 Å². The molecule has 0 unspecified atom stereocenters. The number of aromatic amines is 1. The third kappa shape index (κ3) is 1.79. The molecule has 2 rings (SSSR count). The van der Waals surface area contributed by atoms with Crippen molar-refractivity contribution in [3.05, 3.63) is 21.7 Å². The van der Waals surface area contributed by atoms with Gasteiger partial charge in [-0.25, -0.2) is 4.98 Å². The van der Waals surface area contributed by atoms with Crippen LogP contribution in [0.1, 0.15) is 5.82 Å². The van der Waals surface area contributed by atoms with Crippen LogP contribution in [0.25, 0.3) is 10.7 Å². The van der Waals surface area contributed by atoms with E-state index in [1.54, 1.807) is 11.3 Å². The number of nitrogens with one attached hydrogen (secondary N) is 1. The molecule has 0 aromatic carbocycles. The fourth-order valence-electron chi connectivity index (χ4n) is 0.927. The molecule has 13 heavy (non-hydrogen) atoms. The minimum atomic E-state index is 0.388. The lowest BCUT2D eigenvalue weighted by Crippen LogP contribution is -1.97. The summed E-state index contributed by atoms with van der Waals surface area (Å²) in [5.74, 6) is 1.41. The maximum atomic E-state index is 5.41. The Morgan fingerprint density at radius 1 is 1.62 bits per heavy atom. The van der Waals surface area contributed by atoms with Crippen molar-refractivity contribution >= 4 is 27.3 Å². The van der Waals surface area contributed by atoms with E-state index in [2.05, 4.69) is 31.1 Å². The Hall–Kier alpha value is -0.720. The minimum Gasteiger partial charge on any atom is -0.324 e. The van der Waals surface area contributed by atoms with E-state index in [0.717, 1.165) is 9.35 Å². The zero-order chi connectivity index (χ0) is 9.26. The second-order valence-corrected chi connectivity index (χ2v) is 4.27. The molecule has 3 N–H and O–H groups in total. The highest BCUT2D eigenvalue weighted by molar-refractivity contribution is 9.10. The molecule has 0 radical (unpaired) electrons. The molecule has 0 amide bonds. The quantitative estimate of drug-likeness (QED) is 0.863. The second kappa shape index (κ2) is 3.57. The first-order valence-electron chi connectivity index (χ1n) is 3.65. The van der Waals surface area contributed by atoms with Crippen LogP contribution in [0.3, 0.4) is 0 Å². The molecule has 2 aromatic heterocycles. The first-order valence-corrected chi connectivity index (χ1v) is 5.32. The summed E-state index contributed by atoms with van der Waals surface area (Å²) in [5.41, 5.74) is 5.41. The molecule has 4 nitrogen and oxygen atoms in total. The largest absolute Gasteiger partial charge is 0.324 e. The Morgan fingerprint density at radius 2 is 2.46 bits per heavy atom. The number of hydrogen-bond donors (Lipinski definition) is 2. The normalized spacial score (nSPS) is 10.6. The topological polar surface area (TPSA) is 67.6 Å². The van der Waals surface area contributed by atoms with Gasteiger partial charge in [-0.15, -0.1) is 11.3 Å². The molecule has 0 bridgehead atoms. The maximum absolute atomic E-state index is 5.41. The van der Waals surface area contributed by atoms with Crippen LogP contribution < -0.4 is 5.73 Å². The number of halogens is 1. The number of nitrogens with zero attached hydrogens (tertiary/aromatic N) is 2. The maximum Gasteiger partial charge on any atom is 0.191 e. The second-order valence-electron chi connectivity index (χ2n) is 2.44. The predicted molar refractivity (Wildman–Crippen MR) is 55.3 cm³/mol. The minimum absolute atomic E-state index is 0.388. The van der Waals surface area contributed by atoms with E-state index in [1.807, 2.05) is 11.4 Å². The van der Waals surface area contributed by atoms with Crippen LogP contribution in [-0.4, -0.2) is 15.2 Å². The fraction of sp³-hybridized carbons (Fsp3) is 0.143. The Kier molecular flexibility index (Phi) is 2.43. The van der Waals surface area contributed by atoms with Crippen LogP contribution in [-0.2, 0) is 6.54 Å². The summed E-state index contributed by atoms with van der Waals surface area (Å²) in [5, 5.41) is 8.81. The van der Waals surface area contributed by atoms with Gasteiger partial charge in [-0.2, -0.15) is 5.10 Å². The van der Waals surface area contributed by atoms with Crippen molar-refractivity contribution in [1.29, 1.82) is 0 Å². The molecule has 0 aliphatic carbocycles. The van der Waals surface area contributed by atoms with Crippen molar-refractivity contribution in [2.75, 3.05) is 0 Å². The summed E-state index contributed by atoms with van der Waals surface area (Å²) < 4.78 is 1.05. The van der Waals surface area contributed by atoms with E-state index in [4.69, 9.17) is 5.73 Å². The highest BCUT2D eigenvalue weighted by Crippen LogP contribution is 2.26. The fourth-order valence-corrected chi connectivity index (χ4v) is 2.29. The van der Waals surface area contributed by atoms with Gasteiger partial charge in [-0.3, -0.25) is 5.10 Å². The predicted octanol–water partition coefficient (Wildman–Crippen LogP) is 1.75. The molecule has 2 aromatic rings. The molecule has 0 spiro atoms. The third-order valence-electron chi connectivity index (χ3n) is 1.51. The van der Waals surface area contributed by atoms with Crippen molar-refractivity contribution in [3.63, 3.8) is 0 Å². The van der Waals surface area contributed by atoms with Gasteiger partial charge in [0, 0.05) is 9.85 Å². The monoisotopic (exact) mass is 258 g/mol. The Labute approximate surface area is 87.3 Å². The molecule has 0 atom stereocenters. The highest BCUT2D eigenvalue weighted by Gasteiger charge is 2.06. The van der Waals surface area contributed by atoms with E-state index in [1.165, 1.54) is 0 Å². The van der Waals surface area contributed by atoms with Crippen molar-refractivity contribution in [2.45, 2.75) is 6.54 Å². The van der Waals surface area contributed by atoms with Gasteiger partial charge in [0.1, 0.15) is 5.82 Å². The van der Waals surface area contributed by atoms with E-state index in [-0.39, 0.29) is 0 Å². The van der Waals surface area contributed by atoms with E-state index >= 15 is 0 Å². The van der Waals surface area contributed by atoms with Gasteiger partial charge in [-0.1, -0.05) is 0 Å². The van der Waals surface area contributed by atoms with Gasteiger partial charge >= 0.3 is 0 Å². The average molecular weight is 259 g/mol. The van der Waals surface area contributed by atoms with Crippen LogP contribution in [0.5, 0.6) is 0 Å². The van der Waals surface area contributed by atoms with Crippen LogP contribution in [0.2, 0.25) is 0 Å². The van der Waals surface area contributed by atoms with E-state index in [0.29, 0.717) is 18.2 Å². The van der Waals surface area contributed by atoms with Crippen molar-refractivity contribution < 1.29 is 0 Å². The van der Waals surface area contributed by atoms with E-state index in [9.17, 15) is 0 Å². The molecular weight excluding hydrogens is 252 g/mol. The molecular formula is C7H7BrN4S. The summed E-state index contributed by atoms with van der Waals surface area (Å²) in [7, 11) is 0. The summed E-state index contributed by atoms with van der Waals surface area (Å²) in [6, 6.07) is 1.98. The molecule has 0 aliphatic rings. The van der Waals surface area contributed by atoms with E-state index < -0.39 is 0 Å². The number of thiophene rings is 1. The molecule has 0 fully saturated rings. The lowest BCUT2D eigenvalue weighted by molar-refractivity contribution is 0.917. The Morgan fingerprint density at radius 3 is 3.00 bits per heavy atom. The SMILES string of the molecule is NCc1nc(-c2cc(Br)cs2)n[nH]1. The summed E-state index contributed by atoms with van der Waals surface area (Å²) in [4.78, 5) is 5.24. The lowest BCUT2D eigenvalue weighted by atomic mass is 10.4. The highest BCUT2D eigenvalue weighted by atomic mass is 79.9. The number of hydrogen-bond acceptors (Lipinski definition) is 4. The van der Waals surface area contributed by atoms with Gasteiger partial charge in [0.15, 0.2) is 5.82 Å². The molecule has 0 saturated heterocycles. The zero-order valence-corrected chi connectivity index (χ0v) is 9.02. The molecule has 6 heteroatoms. The first kappa shape index (κ1) is 8.86. The summed E-state index contributed by atoms with van der Waals surface area (Å²) in [6.45, 7) is 0.388. The van der Waals surface area contributed by atoms with Gasteiger partial charge in [0.2, 0.25) is 0 Å². The number of aromatic nitrogens is 3. The zero-order valence-electron chi connectivity index (χ0n) is 6.62. The van der Waals surface area contributed by atoms with Crippen LogP contribution in [0.15, 0.2) is 15.9 Å². The molecule has 0 saturated carbocycles. The summed E-state index contributed by atoms with van der Waals surface area (Å²) >= 11 is 4.97.